The first-order valence-corrected chi connectivity index (χ1v) is 13.3. The van der Waals surface area contributed by atoms with Crippen LogP contribution in [-0.2, 0) is 14.3 Å². The second kappa shape index (κ2) is 11.9. The lowest BCUT2D eigenvalue weighted by molar-refractivity contribution is -0.152. The van der Waals surface area contributed by atoms with Crippen molar-refractivity contribution >= 4 is 22.9 Å². The van der Waals surface area contributed by atoms with E-state index in [0.717, 1.165) is 6.07 Å². The van der Waals surface area contributed by atoms with Gasteiger partial charge in [-0.2, -0.15) is 0 Å². The summed E-state index contributed by atoms with van der Waals surface area (Å²) in [5, 5.41) is 21.4. The average Bonchev–Trinajstić information content (AvgIpc) is 2.88. The SMILES string of the molecule is CC(C)(C)OC(=O)C1=CC(O)c2c(OCC(O)COc3cccc4oc(C(=O)OC(C)(C)C)cc(=O)c34)cccc2O1. The van der Waals surface area contributed by atoms with Crippen LogP contribution in [0.1, 0.15) is 63.8 Å². The number of esters is 2. The first-order chi connectivity index (χ1) is 19.6. The van der Waals surface area contributed by atoms with E-state index < -0.39 is 40.8 Å². The molecule has 0 spiro atoms. The van der Waals surface area contributed by atoms with Crippen molar-refractivity contribution in [2.45, 2.75) is 65.0 Å². The Hall–Kier alpha value is -4.35. The van der Waals surface area contributed by atoms with Crippen molar-refractivity contribution in [1.82, 2.24) is 0 Å². The summed E-state index contributed by atoms with van der Waals surface area (Å²) >= 11 is 0. The van der Waals surface area contributed by atoms with Gasteiger partial charge in [0.15, 0.2) is 5.43 Å². The quantitative estimate of drug-likeness (QED) is 0.367. The van der Waals surface area contributed by atoms with E-state index in [1.54, 1.807) is 65.8 Å². The number of benzene rings is 2. The van der Waals surface area contributed by atoms with Crippen molar-refractivity contribution in [2.24, 2.45) is 0 Å². The molecule has 42 heavy (non-hydrogen) atoms. The number of aliphatic hydroxyl groups excluding tert-OH is 2. The van der Waals surface area contributed by atoms with Gasteiger partial charge in [0.05, 0.1) is 5.56 Å². The van der Waals surface area contributed by atoms with Crippen LogP contribution in [0.3, 0.4) is 0 Å². The Labute approximate surface area is 242 Å². The highest BCUT2D eigenvalue weighted by molar-refractivity contribution is 5.91. The summed E-state index contributed by atoms with van der Waals surface area (Å²) in [6.45, 7) is 9.79. The van der Waals surface area contributed by atoms with E-state index in [4.69, 9.17) is 28.1 Å². The van der Waals surface area contributed by atoms with Crippen LogP contribution in [-0.4, -0.2) is 52.7 Å². The van der Waals surface area contributed by atoms with E-state index >= 15 is 0 Å². The summed E-state index contributed by atoms with van der Waals surface area (Å²) in [6, 6.07) is 10.5. The Balaban J connectivity index is 1.42. The zero-order chi connectivity index (χ0) is 30.8. The number of carbonyl (C=O) groups excluding carboxylic acids is 2. The highest BCUT2D eigenvalue weighted by Gasteiger charge is 2.30. The lowest BCUT2D eigenvalue weighted by Gasteiger charge is -2.26. The number of carbonyl (C=O) groups is 2. The van der Waals surface area contributed by atoms with Gasteiger partial charge in [-0.25, -0.2) is 9.59 Å². The molecule has 2 aromatic carbocycles. The Morgan fingerprint density at radius 3 is 2.17 bits per heavy atom. The molecule has 2 N–H and O–H groups in total. The summed E-state index contributed by atoms with van der Waals surface area (Å²) in [6.07, 6.45) is -1.14. The van der Waals surface area contributed by atoms with Crippen LogP contribution in [0.15, 0.2) is 63.5 Å². The molecule has 11 heteroatoms. The van der Waals surface area contributed by atoms with Crippen molar-refractivity contribution in [1.29, 1.82) is 0 Å². The fourth-order valence-electron chi connectivity index (χ4n) is 3.99. The lowest BCUT2D eigenvalue weighted by Crippen LogP contribution is -2.28. The van der Waals surface area contributed by atoms with Crippen molar-refractivity contribution in [3.63, 3.8) is 0 Å². The minimum atomic E-state index is -1.22. The molecule has 2 heterocycles. The fraction of sp³-hybridized carbons (Fsp3) is 0.387. The van der Waals surface area contributed by atoms with Crippen molar-refractivity contribution in [2.75, 3.05) is 13.2 Å². The van der Waals surface area contributed by atoms with E-state index in [1.807, 2.05) is 0 Å². The molecule has 0 fully saturated rings. The monoisotopic (exact) mass is 582 g/mol. The smallest absolute Gasteiger partial charge is 0.374 e. The van der Waals surface area contributed by atoms with Gasteiger partial charge in [-0.15, -0.1) is 0 Å². The molecule has 0 bridgehead atoms. The molecule has 2 unspecified atom stereocenters. The van der Waals surface area contributed by atoms with Crippen LogP contribution in [0.2, 0.25) is 0 Å². The second-order valence-corrected chi connectivity index (χ2v) is 11.6. The van der Waals surface area contributed by atoms with Crippen LogP contribution >= 0.6 is 0 Å². The van der Waals surface area contributed by atoms with E-state index in [2.05, 4.69) is 0 Å². The Morgan fingerprint density at radius 2 is 1.50 bits per heavy atom. The lowest BCUT2D eigenvalue weighted by atomic mass is 10.0. The zero-order valence-electron chi connectivity index (χ0n) is 24.3. The third-order valence-corrected chi connectivity index (χ3v) is 5.63. The standard InChI is InChI=1S/C31H34O11/c1-30(2,3)41-28(35)24-13-18(33)26-20(9-7-11-22(26)39-24)37-15-17(32)16-38-21-10-8-12-23-27(21)19(34)14-25(40-23)29(36)42-31(4,5)6/h7-14,17-18,32-33H,15-16H2,1-6H3. The van der Waals surface area contributed by atoms with Crippen molar-refractivity contribution in [3.05, 3.63) is 75.8 Å². The maximum absolute atomic E-state index is 12.8. The summed E-state index contributed by atoms with van der Waals surface area (Å²) in [5.74, 6) is -1.27. The summed E-state index contributed by atoms with van der Waals surface area (Å²) < 4.78 is 33.3. The van der Waals surface area contributed by atoms with Gasteiger partial charge in [-0.1, -0.05) is 12.1 Å². The highest BCUT2D eigenvalue weighted by Crippen LogP contribution is 2.40. The molecule has 1 aliphatic heterocycles. The summed E-state index contributed by atoms with van der Waals surface area (Å²) in [7, 11) is 0. The topological polar surface area (TPSA) is 151 Å². The predicted molar refractivity (Wildman–Crippen MR) is 151 cm³/mol. The normalized spacial score (nSPS) is 15.6. The Kier molecular flexibility index (Phi) is 8.65. The van der Waals surface area contributed by atoms with E-state index in [9.17, 15) is 24.6 Å². The molecule has 224 valence electrons. The van der Waals surface area contributed by atoms with Gasteiger partial charge in [0.2, 0.25) is 11.5 Å². The van der Waals surface area contributed by atoms with E-state index in [0.29, 0.717) is 0 Å². The number of hydrogen-bond acceptors (Lipinski definition) is 11. The fourth-order valence-corrected chi connectivity index (χ4v) is 3.99. The van der Waals surface area contributed by atoms with Gasteiger partial charge in [-0.05, 0) is 71.9 Å². The molecule has 2 atom stereocenters. The van der Waals surface area contributed by atoms with Gasteiger partial charge in [-0.3, -0.25) is 4.79 Å². The van der Waals surface area contributed by atoms with Crippen LogP contribution in [0, 0.1) is 0 Å². The number of ether oxygens (including phenoxy) is 5. The van der Waals surface area contributed by atoms with Crippen LogP contribution in [0.5, 0.6) is 17.2 Å². The van der Waals surface area contributed by atoms with E-state index in [-0.39, 0.29) is 58.5 Å². The zero-order valence-corrected chi connectivity index (χ0v) is 24.3. The largest absolute Gasteiger partial charge is 0.490 e. The molecule has 1 aromatic heterocycles. The van der Waals surface area contributed by atoms with Gasteiger partial charge in [0, 0.05) is 6.07 Å². The molecule has 0 amide bonds. The summed E-state index contributed by atoms with van der Waals surface area (Å²) in [4.78, 5) is 37.6. The molecular weight excluding hydrogens is 548 g/mol. The Bertz CT molecular complexity index is 1570. The van der Waals surface area contributed by atoms with Crippen LogP contribution in [0.4, 0.5) is 0 Å². The van der Waals surface area contributed by atoms with Crippen LogP contribution < -0.4 is 19.6 Å². The van der Waals surface area contributed by atoms with Gasteiger partial charge >= 0.3 is 11.9 Å². The van der Waals surface area contributed by atoms with Crippen molar-refractivity contribution in [3.8, 4) is 17.2 Å². The highest BCUT2D eigenvalue weighted by atomic mass is 16.6. The third-order valence-electron chi connectivity index (χ3n) is 5.63. The first-order valence-electron chi connectivity index (χ1n) is 13.3. The predicted octanol–water partition coefficient (Wildman–Crippen LogP) is 4.22. The first kappa shape index (κ1) is 30.6. The second-order valence-electron chi connectivity index (χ2n) is 11.6. The summed E-state index contributed by atoms with van der Waals surface area (Å²) in [5.41, 5.74) is -1.62. The minimum absolute atomic E-state index is 0.0999. The molecular formula is C31H34O11. The average molecular weight is 583 g/mol. The molecule has 1 aliphatic rings. The Morgan fingerprint density at radius 1 is 0.905 bits per heavy atom. The number of aliphatic hydroxyl groups is 2. The molecule has 0 saturated heterocycles. The number of rotatable bonds is 8. The molecule has 3 aromatic rings. The van der Waals surface area contributed by atoms with Gasteiger partial charge in [0.1, 0.15) is 64.8 Å². The van der Waals surface area contributed by atoms with E-state index in [1.165, 1.54) is 18.2 Å². The van der Waals surface area contributed by atoms with Gasteiger partial charge in [0.25, 0.3) is 0 Å². The molecule has 0 radical (unpaired) electrons. The molecule has 0 aliphatic carbocycles. The third kappa shape index (κ3) is 7.48. The van der Waals surface area contributed by atoms with Crippen LogP contribution in [0.25, 0.3) is 11.0 Å². The van der Waals surface area contributed by atoms with Crippen molar-refractivity contribution < 1.29 is 47.9 Å². The maximum Gasteiger partial charge on any atom is 0.374 e. The molecule has 4 rings (SSSR count). The maximum atomic E-state index is 12.8. The minimum Gasteiger partial charge on any atom is -0.490 e. The molecule has 0 saturated carbocycles. The van der Waals surface area contributed by atoms with Gasteiger partial charge < -0.3 is 38.3 Å². The number of fused-ring (bicyclic) bond motifs is 2. The molecule has 11 nitrogen and oxygen atoms in total. The number of hydrogen-bond donors (Lipinski definition) is 2.